The molecule has 0 bridgehead atoms. The molecular formula is C27H28N2OS. The van der Waals surface area contributed by atoms with Crippen molar-refractivity contribution in [2.75, 3.05) is 0 Å². The average Bonchev–Trinajstić information content (AvgIpc) is 2.91. The minimum atomic E-state index is -0.0460. The highest BCUT2D eigenvalue weighted by Gasteiger charge is 2.20. The molecule has 3 aromatic carbocycles. The molecule has 1 heterocycles. The molecule has 3 nitrogen and oxygen atoms in total. The standard InChI is InChI=1S/C27H28N2OS/c1-17-10-11-18(2)26-25(17)20(4)29-23-16-22(14-15-24(23)31-26)27(30)28-19(3)12-13-21-8-6-5-7-9-21/h5-11,14-16,19H,12-13H2,1-4H3,(H,28,30)/t19-/m0/s1. The Morgan fingerprint density at radius 1 is 1.00 bits per heavy atom. The zero-order chi connectivity index (χ0) is 22.0. The summed E-state index contributed by atoms with van der Waals surface area (Å²) in [7, 11) is 0. The summed E-state index contributed by atoms with van der Waals surface area (Å²) in [6.07, 6.45) is 1.85. The predicted octanol–water partition coefficient (Wildman–Crippen LogP) is 6.66. The van der Waals surface area contributed by atoms with Crippen molar-refractivity contribution in [2.24, 2.45) is 4.99 Å². The van der Waals surface area contributed by atoms with Crippen LogP contribution in [0.3, 0.4) is 0 Å². The number of carbonyl (C=O) groups excluding carboxylic acids is 1. The number of rotatable bonds is 5. The van der Waals surface area contributed by atoms with E-state index in [2.05, 4.69) is 69.4 Å². The molecule has 0 aliphatic carbocycles. The fraction of sp³-hybridized carbons (Fsp3) is 0.259. The van der Waals surface area contributed by atoms with E-state index in [9.17, 15) is 4.79 Å². The number of aryl methyl sites for hydroxylation is 3. The zero-order valence-electron chi connectivity index (χ0n) is 18.5. The number of benzene rings is 3. The van der Waals surface area contributed by atoms with Crippen molar-refractivity contribution in [1.82, 2.24) is 5.32 Å². The number of nitrogens with zero attached hydrogens (tertiary/aromatic N) is 1. The molecule has 1 N–H and O–H groups in total. The van der Waals surface area contributed by atoms with Gasteiger partial charge in [0.1, 0.15) is 0 Å². The lowest BCUT2D eigenvalue weighted by molar-refractivity contribution is 0.0938. The van der Waals surface area contributed by atoms with E-state index < -0.39 is 0 Å². The summed E-state index contributed by atoms with van der Waals surface area (Å²) in [6.45, 7) is 8.38. The van der Waals surface area contributed by atoms with Gasteiger partial charge in [0.2, 0.25) is 0 Å². The molecular weight excluding hydrogens is 400 g/mol. The molecule has 4 heteroatoms. The highest BCUT2D eigenvalue weighted by atomic mass is 32.2. The van der Waals surface area contributed by atoms with Crippen molar-refractivity contribution >= 4 is 29.1 Å². The second-order valence-electron chi connectivity index (χ2n) is 8.28. The quantitative estimate of drug-likeness (QED) is 0.494. The van der Waals surface area contributed by atoms with Crippen molar-refractivity contribution in [1.29, 1.82) is 0 Å². The second-order valence-corrected chi connectivity index (χ2v) is 9.34. The van der Waals surface area contributed by atoms with Gasteiger partial charge in [0.15, 0.2) is 0 Å². The van der Waals surface area contributed by atoms with Gasteiger partial charge in [-0.05, 0) is 75.4 Å². The van der Waals surface area contributed by atoms with E-state index in [1.54, 1.807) is 11.8 Å². The van der Waals surface area contributed by atoms with E-state index in [0.717, 1.165) is 29.1 Å². The molecule has 4 rings (SSSR count). The molecule has 158 valence electrons. The van der Waals surface area contributed by atoms with Gasteiger partial charge in [-0.2, -0.15) is 0 Å². The van der Waals surface area contributed by atoms with Gasteiger partial charge in [-0.3, -0.25) is 9.79 Å². The van der Waals surface area contributed by atoms with Crippen molar-refractivity contribution in [3.8, 4) is 0 Å². The maximum absolute atomic E-state index is 12.9. The number of hydrogen-bond acceptors (Lipinski definition) is 3. The molecule has 1 aliphatic rings. The van der Waals surface area contributed by atoms with Crippen LogP contribution in [0.15, 0.2) is 75.4 Å². The van der Waals surface area contributed by atoms with Gasteiger partial charge in [-0.25, -0.2) is 0 Å². The lowest BCUT2D eigenvalue weighted by Crippen LogP contribution is -2.32. The topological polar surface area (TPSA) is 41.5 Å². The molecule has 1 aliphatic heterocycles. The number of hydrogen-bond donors (Lipinski definition) is 1. The Hall–Kier alpha value is -2.85. The van der Waals surface area contributed by atoms with E-state index in [1.165, 1.54) is 27.1 Å². The summed E-state index contributed by atoms with van der Waals surface area (Å²) in [5, 5.41) is 3.14. The third kappa shape index (κ3) is 4.75. The number of aliphatic imine (C=N–C) groups is 1. The van der Waals surface area contributed by atoms with Gasteiger partial charge in [0.25, 0.3) is 5.91 Å². The van der Waals surface area contributed by atoms with Gasteiger partial charge in [0, 0.05) is 32.7 Å². The number of fused-ring (bicyclic) bond motifs is 2. The molecule has 1 amide bonds. The highest BCUT2D eigenvalue weighted by molar-refractivity contribution is 7.99. The number of amides is 1. The van der Waals surface area contributed by atoms with Crippen molar-refractivity contribution < 1.29 is 4.79 Å². The monoisotopic (exact) mass is 428 g/mol. The van der Waals surface area contributed by atoms with Crippen LogP contribution in [-0.2, 0) is 6.42 Å². The van der Waals surface area contributed by atoms with Crippen LogP contribution in [0, 0.1) is 13.8 Å². The van der Waals surface area contributed by atoms with Gasteiger partial charge in [-0.15, -0.1) is 0 Å². The SMILES string of the molecule is CC1=Nc2cc(C(=O)N[C@@H](C)CCc3ccccc3)ccc2Sc2c(C)ccc(C)c21. The van der Waals surface area contributed by atoms with Crippen LogP contribution in [0.4, 0.5) is 5.69 Å². The Morgan fingerprint density at radius 2 is 1.74 bits per heavy atom. The van der Waals surface area contributed by atoms with Gasteiger partial charge in [-0.1, -0.05) is 54.2 Å². The van der Waals surface area contributed by atoms with Crippen LogP contribution >= 0.6 is 11.8 Å². The summed E-state index contributed by atoms with van der Waals surface area (Å²) in [5.74, 6) is -0.0460. The summed E-state index contributed by atoms with van der Waals surface area (Å²) < 4.78 is 0. The van der Waals surface area contributed by atoms with Crippen molar-refractivity contribution in [2.45, 2.75) is 56.4 Å². The summed E-state index contributed by atoms with van der Waals surface area (Å²) in [5.41, 5.74) is 7.50. The van der Waals surface area contributed by atoms with Crippen LogP contribution in [-0.4, -0.2) is 17.7 Å². The predicted molar refractivity (Wildman–Crippen MR) is 130 cm³/mol. The Kier molecular flexibility index (Phi) is 6.28. The second kappa shape index (κ2) is 9.11. The third-order valence-corrected chi connectivity index (χ3v) is 7.03. The normalized spacial score (nSPS) is 13.5. The first-order chi connectivity index (χ1) is 14.9. The minimum Gasteiger partial charge on any atom is -0.350 e. The van der Waals surface area contributed by atoms with E-state index in [0.29, 0.717) is 5.56 Å². The van der Waals surface area contributed by atoms with E-state index >= 15 is 0 Å². The largest absolute Gasteiger partial charge is 0.350 e. The Morgan fingerprint density at radius 3 is 2.52 bits per heavy atom. The maximum Gasteiger partial charge on any atom is 0.251 e. The van der Waals surface area contributed by atoms with Crippen LogP contribution < -0.4 is 5.32 Å². The number of nitrogens with one attached hydrogen (secondary N) is 1. The van der Waals surface area contributed by atoms with E-state index in [-0.39, 0.29) is 11.9 Å². The van der Waals surface area contributed by atoms with Crippen LogP contribution in [0.1, 0.15) is 52.9 Å². The van der Waals surface area contributed by atoms with Gasteiger partial charge in [0.05, 0.1) is 5.69 Å². The Balaban J connectivity index is 1.51. The number of carbonyl (C=O) groups is 1. The summed E-state index contributed by atoms with van der Waals surface area (Å²) in [4.78, 5) is 20.1. The zero-order valence-corrected chi connectivity index (χ0v) is 19.3. The van der Waals surface area contributed by atoms with Crippen LogP contribution in [0.2, 0.25) is 0 Å². The van der Waals surface area contributed by atoms with Gasteiger partial charge >= 0.3 is 0 Å². The molecule has 3 aromatic rings. The first-order valence-electron chi connectivity index (χ1n) is 10.7. The first kappa shape index (κ1) is 21.4. The maximum atomic E-state index is 12.9. The highest BCUT2D eigenvalue weighted by Crippen LogP contribution is 2.43. The fourth-order valence-electron chi connectivity index (χ4n) is 3.95. The minimum absolute atomic E-state index is 0.0460. The smallest absolute Gasteiger partial charge is 0.251 e. The lowest BCUT2D eigenvalue weighted by atomic mass is 10.0. The molecule has 31 heavy (non-hydrogen) atoms. The lowest BCUT2D eigenvalue weighted by Gasteiger charge is -2.15. The average molecular weight is 429 g/mol. The van der Waals surface area contributed by atoms with Gasteiger partial charge < -0.3 is 5.32 Å². The summed E-state index contributed by atoms with van der Waals surface area (Å²) >= 11 is 1.74. The Bertz CT molecular complexity index is 1150. The van der Waals surface area contributed by atoms with Crippen molar-refractivity contribution in [3.05, 3.63) is 88.5 Å². The van der Waals surface area contributed by atoms with Crippen LogP contribution in [0.5, 0.6) is 0 Å². The molecule has 0 fully saturated rings. The Labute approximate surface area is 189 Å². The third-order valence-electron chi connectivity index (χ3n) is 5.73. The molecule has 0 radical (unpaired) electrons. The first-order valence-corrected chi connectivity index (χ1v) is 11.6. The summed E-state index contributed by atoms with van der Waals surface area (Å²) in [6, 6.07) is 20.6. The van der Waals surface area contributed by atoms with Crippen molar-refractivity contribution in [3.63, 3.8) is 0 Å². The molecule has 0 spiro atoms. The van der Waals surface area contributed by atoms with Crippen LogP contribution in [0.25, 0.3) is 0 Å². The molecule has 0 unspecified atom stereocenters. The molecule has 0 aromatic heterocycles. The fourth-order valence-corrected chi connectivity index (χ4v) is 5.16. The van der Waals surface area contributed by atoms with E-state index in [4.69, 9.17) is 4.99 Å². The molecule has 0 saturated heterocycles. The molecule has 1 atom stereocenters. The van der Waals surface area contributed by atoms with E-state index in [1.807, 2.05) is 24.3 Å². The molecule has 0 saturated carbocycles.